The van der Waals surface area contributed by atoms with Gasteiger partial charge in [-0.1, -0.05) is 0 Å². The molecule has 1 atom stereocenters. The molecule has 0 saturated heterocycles. The summed E-state index contributed by atoms with van der Waals surface area (Å²) < 4.78 is 5.54. The molecular weight excluding hydrogens is 242 g/mol. The van der Waals surface area contributed by atoms with Gasteiger partial charge in [-0.05, 0) is 33.8 Å². The van der Waals surface area contributed by atoms with Crippen LogP contribution in [-0.2, 0) is 0 Å². The highest BCUT2D eigenvalue weighted by molar-refractivity contribution is 5.56. The molecule has 6 heteroatoms. The Morgan fingerprint density at radius 3 is 2.47 bits per heavy atom. The van der Waals surface area contributed by atoms with E-state index in [1.807, 2.05) is 26.8 Å². The number of rotatable bonds is 4. The fourth-order valence-corrected chi connectivity index (χ4v) is 2.10. The smallest absolute Gasteiger partial charge is 0.148 e. The SMILES string of the molecule is Cc1cc(C(C)Nc2ncnc(NN)c2C)c(C)o1. The minimum atomic E-state index is 0.0941. The highest BCUT2D eigenvalue weighted by Crippen LogP contribution is 2.26. The van der Waals surface area contributed by atoms with Gasteiger partial charge in [0, 0.05) is 11.1 Å². The summed E-state index contributed by atoms with van der Waals surface area (Å²) in [7, 11) is 0. The molecule has 0 aromatic carbocycles. The number of anilines is 2. The molecular formula is C13H19N5O. The van der Waals surface area contributed by atoms with E-state index in [1.165, 1.54) is 6.33 Å². The summed E-state index contributed by atoms with van der Waals surface area (Å²) in [5.74, 6) is 8.60. The first-order valence-corrected chi connectivity index (χ1v) is 6.14. The Hall–Kier alpha value is -2.08. The van der Waals surface area contributed by atoms with Crippen LogP contribution >= 0.6 is 0 Å². The van der Waals surface area contributed by atoms with Crippen LogP contribution in [0.15, 0.2) is 16.8 Å². The quantitative estimate of drug-likeness (QED) is 0.578. The summed E-state index contributed by atoms with van der Waals surface area (Å²) in [4.78, 5) is 8.29. The fraction of sp³-hybridized carbons (Fsp3) is 0.385. The zero-order chi connectivity index (χ0) is 14.0. The van der Waals surface area contributed by atoms with E-state index in [4.69, 9.17) is 10.3 Å². The lowest BCUT2D eigenvalue weighted by Crippen LogP contribution is -2.14. The molecule has 0 aliphatic heterocycles. The standard InChI is InChI=1S/C13H19N5O/c1-7-5-11(10(4)19-7)9(3)17-12-8(2)13(18-14)16-6-15-12/h5-6,9H,14H2,1-4H3,(H2,15,16,17,18). The molecule has 2 aromatic rings. The van der Waals surface area contributed by atoms with Gasteiger partial charge in [0.05, 0.1) is 6.04 Å². The van der Waals surface area contributed by atoms with Crippen LogP contribution in [0.1, 0.15) is 35.6 Å². The third kappa shape index (κ3) is 2.68. The molecule has 102 valence electrons. The number of nitrogens with zero attached hydrogens (tertiary/aromatic N) is 2. The summed E-state index contributed by atoms with van der Waals surface area (Å²) in [6, 6.07) is 2.13. The van der Waals surface area contributed by atoms with E-state index in [0.29, 0.717) is 5.82 Å². The predicted octanol–water partition coefficient (Wildman–Crippen LogP) is 2.45. The largest absolute Gasteiger partial charge is 0.466 e. The lowest BCUT2D eigenvalue weighted by molar-refractivity contribution is 0.499. The average molecular weight is 261 g/mol. The summed E-state index contributed by atoms with van der Waals surface area (Å²) in [6.45, 7) is 7.88. The van der Waals surface area contributed by atoms with Crippen molar-refractivity contribution in [3.63, 3.8) is 0 Å². The third-order valence-corrected chi connectivity index (χ3v) is 3.12. The maximum Gasteiger partial charge on any atom is 0.148 e. The second-order valence-corrected chi connectivity index (χ2v) is 4.57. The van der Waals surface area contributed by atoms with E-state index in [2.05, 4.69) is 27.6 Å². The highest BCUT2D eigenvalue weighted by atomic mass is 16.3. The number of nitrogen functional groups attached to an aromatic ring is 1. The molecule has 1 unspecified atom stereocenters. The van der Waals surface area contributed by atoms with Crippen LogP contribution in [0, 0.1) is 20.8 Å². The van der Waals surface area contributed by atoms with E-state index in [9.17, 15) is 0 Å². The summed E-state index contributed by atoms with van der Waals surface area (Å²) in [6.07, 6.45) is 1.48. The second kappa shape index (κ2) is 5.27. The van der Waals surface area contributed by atoms with Gasteiger partial charge in [0.1, 0.15) is 29.5 Å². The number of aromatic nitrogens is 2. The maximum absolute atomic E-state index is 5.54. The van der Waals surface area contributed by atoms with Crippen molar-refractivity contribution in [2.24, 2.45) is 5.84 Å². The molecule has 0 aliphatic carbocycles. The minimum absolute atomic E-state index is 0.0941. The van der Waals surface area contributed by atoms with E-state index >= 15 is 0 Å². The van der Waals surface area contributed by atoms with Crippen molar-refractivity contribution in [2.45, 2.75) is 33.7 Å². The molecule has 2 aromatic heterocycles. The molecule has 0 amide bonds. The van der Waals surface area contributed by atoms with Crippen LogP contribution in [0.2, 0.25) is 0 Å². The summed E-state index contributed by atoms with van der Waals surface area (Å²) >= 11 is 0. The van der Waals surface area contributed by atoms with Gasteiger partial charge in [-0.3, -0.25) is 0 Å². The van der Waals surface area contributed by atoms with Crippen molar-refractivity contribution >= 4 is 11.6 Å². The third-order valence-electron chi connectivity index (χ3n) is 3.12. The van der Waals surface area contributed by atoms with Crippen LogP contribution in [0.25, 0.3) is 0 Å². The van der Waals surface area contributed by atoms with Gasteiger partial charge in [0.25, 0.3) is 0 Å². The van der Waals surface area contributed by atoms with Crippen LogP contribution < -0.4 is 16.6 Å². The molecule has 0 bridgehead atoms. The lowest BCUT2D eigenvalue weighted by atomic mass is 10.1. The van der Waals surface area contributed by atoms with Crippen molar-refractivity contribution in [3.8, 4) is 0 Å². The first-order valence-electron chi connectivity index (χ1n) is 6.14. The summed E-state index contributed by atoms with van der Waals surface area (Å²) in [5.41, 5.74) is 4.56. The van der Waals surface area contributed by atoms with Gasteiger partial charge in [0.15, 0.2) is 0 Å². The van der Waals surface area contributed by atoms with Gasteiger partial charge in [0.2, 0.25) is 0 Å². The maximum atomic E-state index is 5.54. The number of hydrogen-bond acceptors (Lipinski definition) is 6. The Morgan fingerprint density at radius 1 is 1.21 bits per heavy atom. The number of hydrogen-bond donors (Lipinski definition) is 3. The second-order valence-electron chi connectivity index (χ2n) is 4.57. The van der Waals surface area contributed by atoms with Crippen molar-refractivity contribution < 1.29 is 4.42 Å². The Balaban J connectivity index is 2.24. The van der Waals surface area contributed by atoms with Crippen molar-refractivity contribution in [1.82, 2.24) is 9.97 Å². The Bertz CT molecular complexity index is 578. The van der Waals surface area contributed by atoms with Gasteiger partial charge in [-0.25, -0.2) is 15.8 Å². The zero-order valence-corrected chi connectivity index (χ0v) is 11.6. The van der Waals surface area contributed by atoms with Crippen molar-refractivity contribution in [2.75, 3.05) is 10.7 Å². The van der Waals surface area contributed by atoms with Gasteiger partial charge in [-0.2, -0.15) is 0 Å². The molecule has 0 radical (unpaired) electrons. The topological polar surface area (TPSA) is 89.0 Å². The van der Waals surface area contributed by atoms with Crippen LogP contribution in [-0.4, -0.2) is 9.97 Å². The van der Waals surface area contributed by atoms with Gasteiger partial charge >= 0.3 is 0 Å². The van der Waals surface area contributed by atoms with E-state index in [-0.39, 0.29) is 6.04 Å². The molecule has 2 heterocycles. The molecule has 2 rings (SSSR count). The first-order chi connectivity index (χ1) is 9.02. The fourth-order valence-electron chi connectivity index (χ4n) is 2.10. The molecule has 19 heavy (non-hydrogen) atoms. The molecule has 0 aliphatic rings. The number of hydrazine groups is 1. The normalized spacial score (nSPS) is 12.3. The van der Waals surface area contributed by atoms with Gasteiger partial charge < -0.3 is 15.2 Å². The Kier molecular flexibility index (Phi) is 3.71. The number of nitrogens with two attached hydrogens (primary N) is 1. The lowest BCUT2D eigenvalue weighted by Gasteiger charge is -2.16. The van der Waals surface area contributed by atoms with Crippen LogP contribution in [0.3, 0.4) is 0 Å². The number of furan rings is 1. The van der Waals surface area contributed by atoms with Crippen LogP contribution in [0.5, 0.6) is 0 Å². The number of nitrogens with one attached hydrogen (secondary N) is 2. The highest BCUT2D eigenvalue weighted by Gasteiger charge is 2.15. The first kappa shape index (κ1) is 13.4. The molecule has 0 saturated carbocycles. The zero-order valence-electron chi connectivity index (χ0n) is 11.6. The Labute approximate surface area is 112 Å². The van der Waals surface area contributed by atoms with E-state index in [1.54, 1.807) is 0 Å². The molecule has 0 spiro atoms. The molecule has 0 fully saturated rings. The summed E-state index contributed by atoms with van der Waals surface area (Å²) in [5, 5.41) is 3.35. The number of aryl methyl sites for hydroxylation is 2. The predicted molar refractivity (Wildman–Crippen MR) is 74.8 cm³/mol. The van der Waals surface area contributed by atoms with Gasteiger partial charge in [-0.15, -0.1) is 0 Å². The van der Waals surface area contributed by atoms with E-state index < -0.39 is 0 Å². The Morgan fingerprint density at radius 2 is 1.89 bits per heavy atom. The van der Waals surface area contributed by atoms with E-state index in [0.717, 1.165) is 28.5 Å². The van der Waals surface area contributed by atoms with Crippen molar-refractivity contribution in [1.29, 1.82) is 0 Å². The van der Waals surface area contributed by atoms with Crippen LogP contribution in [0.4, 0.5) is 11.6 Å². The monoisotopic (exact) mass is 261 g/mol. The molecule has 6 nitrogen and oxygen atoms in total. The van der Waals surface area contributed by atoms with Crippen molar-refractivity contribution in [3.05, 3.63) is 35.0 Å². The molecule has 4 N–H and O–H groups in total. The average Bonchev–Trinajstić information content (AvgIpc) is 2.71. The minimum Gasteiger partial charge on any atom is -0.466 e.